The summed E-state index contributed by atoms with van der Waals surface area (Å²) in [6, 6.07) is 11.1. The van der Waals surface area contributed by atoms with Gasteiger partial charge in [-0.05, 0) is 42.0 Å². The zero-order chi connectivity index (χ0) is 19.6. The van der Waals surface area contributed by atoms with Gasteiger partial charge in [0.25, 0.3) is 0 Å². The summed E-state index contributed by atoms with van der Waals surface area (Å²) in [4.78, 5) is 14.5. The van der Waals surface area contributed by atoms with Crippen LogP contribution in [-0.2, 0) is 4.79 Å². The highest BCUT2D eigenvalue weighted by molar-refractivity contribution is 7.77. The number of hydrogen-bond donors (Lipinski definition) is 3. The molecule has 4 nitrogen and oxygen atoms in total. The third-order valence-corrected chi connectivity index (χ3v) is 5.24. The standard InChI is InChI=1S/C20H20F2N2O.H3NS/c21-17-6-3-7-18(22)19(17)14-5-2-1-4-13(14)15-10-16(15)20(25)24-9-8-12(23)11-24;1-2/h1-7,12,15-16H,8-11,23H2;2H,1H2. The second-order valence-corrected chi connectivity index (χ2v) is 6.97. The van der Waals surface area contributed by atoms with Gasteiger partial charge in [-0.3, -0.25) is 9.93 Å². The normalized spacial score (nSPS) is 23.6. The molecule has 144 valence electrons. The number of carbonyl (C=O) groups excluding carboxylic acids is 1. The number of likely N-dealkylation sites (tertiary alicyclic amines) is 1. The second kappa shape index (κ2) is 8.37. The predicted molar refractivity (Wildman–Crippen MR) is 105 cm³/mol. The molecule has 1 amide bonds. The number of halogens is 2. The van der Waals surface area contributed by atoms with Gasteiger partial charge in [0, 0.05) is 25.0 Å². The van der Waals surface area contributed by atoms with Gasteiger partial charge in [-0.15, -0.1) is 12.8 Å². The van der Waals surface area contributed by atoms with E-state index in [2.05, 4.69) is 18.0 Å². The van der Waals surface area contributed by atoms with Crippen LogP contribution in [0.1, 0.15) is 24.3 Å². The molecule has 2 aromatic rings. The fourth-order valence-corrected chi connectivity index (χ4v) is 3.84. The topological polar surface area (TPSA) is 72.3 Å². The minimum atomic E-state index is -0.582. The molecule has 3 atom stereocenters. The first kappa shape index (κ1) is 19.8. The summed E-state index contributed by atoms with van der Waals surface area (Å²) in [6.45, 7) is 1.30. The molecule has 1 aliphatic carbocycles. The average molecular weight is 391 g/mol. The Bertz CT molecular complexity index is 812. The van der Waals surface area contributed by atoms with Gasteiger partial charge in [0.15, 0.2) is 0 Å². The molecule has 1 saturated carbocycles. The van der Waals surface area contributed by atoms with Crippen molar-refractivity contribution < 1.29 is 13.6 Å². The first-order chi connectivity index (χ1) is 13.1. The largest absolute Gasteiger partial charge is 0.341 e. The van der Waals surface area contributed by atoms with E-state index in [9.17, 15) is 13.6 Å². The molecule has 2 aromatic carbocycles. The molecule has 27 heavy (non-hydrogen) atoms. The zero-order valence-electron chi connectivity index (χ0n) is 14.8. The minimum Gasteiger partial charge on any atom is -0.341 e. The van der Waals surface area contributed by atoms with E-state index in [0.29, 0.717) is 18.7 Å². The van der Waals surface area contributed by atoms with Gasteiger partial charge < -0.3 is 10.6 Å². The van der Waals surface area contributed by atoms with Gasteiger partial charge in [-0.2, -0.15) is 0 Å². The number of benzene rings is 2. The van der Waals surface area contributed by atoms with Crippen LogP contribution >= 0.6 is 12.8 Å². The monoisotopic (exact) mass is 391 g/mol. The van der Waals surface area contributed by atoms with E-state index in [1.165, 1.54) is 18.2 Å². The van der Waals surface area contributed by atoms with E-state index >= 15 is 0 Å². The maximum absolute atomic E-state index is 14.2. The number of carbonyl (C=O) groups is 1. The lowest BCUT2D eigenvalue weighted by Crippen LogP contribution is -2.33. The molecule has 1 saturated heterocycles. The average Bonchev–Trinajstić information content (AvgIpc) is 3.36. The Morgan fingerprint density at radius 3 is 2.37 bits per heavy atom. The van der Waals surface area contributed by atoms with Crippen molar-refractivity contribution in [2.45, 2.75) is 24.8 Å². The van der Waals surface area contributed by atoms with Crippen molar-refractivity contribution in [2.24, 2.45) is 16.8 Å². The zero-order valence-corrected chi connectivity index (χ0v) is 15.7. The molecule has 0 aromatic heterocycles. The fourth-order valence-electron chi connectivity index (χ4n) is 3.84. The van der Waals surface area contributed by atoms with Gasteiger partial charge in [0.2, 0.25) is 5.91 Å². The van der Waals surface area contributed by atoms with Gasteiger partial charge >= 0.3 is 0 Å². The van der Waals surface area contributed by atoms with Crippen LogP contribution in [0.2, 0.25) is 0 Å². The van der Waals surface area contributed by atoms with Gasteiger partial charge in [0.1, 0.15) is 11.6 Å². The van der Waals surface area contributed by atoms with Crippen LogP contribution in [0, 0.1) is 17.6 Å². The van der Waals surface area contributed by atoms with Crippen molar-refractivity contribution in [1.82, 2.24) is 4.90 Å². The molecule has 4 rings (SSSR count). The SMILES string of the molecule is NC1CCN(C(=O)C2CC2c2ccccc2-c2c(F)cccc2F)C1.NS. The lowest BCUT2D eigenvalue weighted by atomic mass is 9.95. The number of rotatable bonds is 3. The van der Waals surface area contributed by atoms with Crippen molar-refractivity contribution in [3.05, 3.63) is 59.7 Å². The van der Waals surface area contributed by atoms with Crippen molar-refractivity contribution in [2.75, 3.05) is 13.1 Å². The van der Waals surface area contributed by atoms with Crippen LogP contribution in [0.5, 0.6) is 0 Å². The van der Waals surface area contributed by atoms with Crippen LogP contribution in [0.15, 0.2) is 42.5 Å². The number of hydrogen-bond acceptors (Lipinski definition) is 4. The van der Waals surface area contributed by atoms with Gasteiger partial charge in [-0.1, -0.05) is 30.3 Å². The van der Waals surface area contributed by atoms with Crippen LogP contribution in [0.4, 0.5) is 8.78 Å². The summed E-state index contributed by atoms with van der Waals surface area (Å²) >= 11 is 3.03. The van der Waals surface area contributed by atoms with Crippen molar-refractivity contribution in [1.29, 1.82) is 0 Å². The highest BCUT2D eigenvalue weighted by Crippen LogP contribution is 2.51. The van der Waals surface area contributed by atoms with Crippen LogP contribution in [0.25, 0.3) is 11.1 Å². The lowest BCUT2D eigenvalue weighted by molar-refractivity contribution is -0.131. The molecule has 0 spiro atoms. The maximum Gasteiger partial charge on any atom is 0.226 e. The smallest absolute Gasteiger partial charge is 0.226 e. The molecule has 0 bridgehead atoms. The summed E-state index contributed by atoms with van der Waals surface area (Å²) in [5, 5.41) is 4.19. The van der Waals surface area contributed by atoms with E-state index in [1.807, 2.05) is 17.0 Å². The second-order valence-electron chi connectivity index (χ2n) is 6.97. The molecular weight excluding hydrogens is 368 g/mol. The molecule has 1 aliphatic heterocycles. The molecule has 7 heteroatoms. The Balaban J connectivity index is 0.00000102. The van der Waals surface area contributed by atoms with Crippen molar-refractivity contribution >= 4 is 18.7 Å². The van der Waals surface area contributed by atoms with E-state index in [4.69, 9.17) is 5.73 Å². The Hall–Kier alpha value is -1.96. The van der Waals surface area contributed by atoms with Crippen molar-refractivity contribution in [3.8, 4) is 11.1 Å². The highest BCUT2D eigenvalue weighted by Gasteiger charge is 2.47. The Kier molecular flexibility index (Phi) is 6.14. The Morgan fingerprint density at radius 2 is 1.74 bits per heavy atom. The van der Waals surface area contributed by atoms with E-state index in [1.54, 1.807) is 12.1 Å². The number of nitrogens with two attached hydrogens (primary N) is 2. The Labute approximate surface area is 163 Å². The predicted octanol–water partition coefficient (Wildman–Crippen LogP) is 3.08. The molecule has 2 fully saturated rings. The van der Waals surface area contributed by atoms with E-state index < -0.39 is 11.6 Å². The number of nitrogens with zero attached hydrogens (tertiary/aromatic N) is 1. The summed E-state index contributed by atoms with van der Waals surface area (Å²) in [7, 11) is 0. The minimum absolute atomic E-state index is 0.0135. The van der Waals surface area contributed by atoms with Gasteiger partial charge in [-0.25, -0.2) is 8.78 Å². The first-order valence-electron chi connectivity index (χ1n) is 8.89. The van der Waals surface area contributed by atoms with Gasteiger partial charge in [0.05, 0.1) is 5.56 Å². The van der Waals surface area contributed by atoms with Crippen LogP contribution < -0.4 is 10.9 Å². The summed E-state index contributed by atoms with van der Waals surface area (Å²) < 4.78 is 28.4. The molecule has 4 N–H and O–H groups in total. The summed E-state index contributed by atoms with van der Waals surface area (Å²) in [5.41, 5.74) is 7.25. The number of thiol groups is 1. The highest BCUT2D eigenvalue weighted by atomic mass is 32.1. The molecule has 2 aliphatic rings. The first-order valence-corrected chi connectivity index (χ1v) is 9.41. The van der Waals surface area contributed by atoms with Crippen molar-refractivity contribution in [3.63, 3.8) is 0 Å². The fraction of sp³-hybridized carbons (Fsp3) is 0.350. The van der Waals surface area contributed by atoms with E-state index in [-0.39, 0.29) is 29.3 Å². The van der Waals surface area contributed by atoms with Crippen LogP contribution in [-0.4, -0.2) is 29.9 Å². The van der Waals surface area contributed by atoms with Crippen LogP contribution in [0.3, 0.4) is 0 Å². The molecule has 0 radical (unpaired) electrons. The molecule has 1 heterocycles. The third-order valence-electron chi connectivity index (χ3n) is 5.24. The quantitative estimate of drug-likeness (QED) is 0.704. The number of amides is 1. The Morgan fingerprint density at radius 1 is 1.07 bits per heavy atom. The maximum atomic E-state index is 14.2. The van der Waals surface area contributed by atoms with E-state index in [0.717, 1.165) is 18.4 Å². The third kappa shape index (κ3) is 4.00. The summed E-state index contributed by atoms with van der Waals surface area (Å²) in [5.74, 6) is -1.15. The molecule has 3 unspecified atom stereocenters. The molecular formula is C20H23F2N3OS. The lowest BCUT2D eigenvalue weighted by Gasteiger charge is -2.16. The summed E-state index contributed by atoms with van der Waals surface area (Å²) in [6.07, 6.45) is 1.55.